The van der Waals surface area contributed by atoms with Gasteiger partial charge in [0.1, 0.15) is 0 Å². The molecular weight excluding hydrogens is 455 g/mol. The summed E-state index contributed by atoms with van der Waals surface area (Å²) in [4.78, 5) is 10.8. The third-order valence-corrected chi connectivity index (χ3v) is 19.3. The average Bonchev–Trinajstić information content (AvgIpc) is 2.52. The molecule has 0 heterocycles. The maximum atomic E-state index is 5.40. The number of halogens is 2. The summed E-state index contributed by atoms with van der Waals surface area (Å²) in [5.74, 6) is 0. The Balaban J connectivity index is 0. The molecule has 2 nitrogen and oxygen atoms in total. The first-order valence-corrected chi connectivity index (χ1v) is 19.8. The molecule has 0 saturated carbocycles. The standard InChI is InChI=1S/C21H48N2Si2.2ClH.Ti/c1-16(2)24(17(3)4,18(5)6)22-14-13-15-23-25(19(7)8,20(9)10)21(11)12;;;/h16-21H,13-15H2,1-12H3;2*1H;/q-2;;;+2/p-2. The summed E-state index contributed by atoms with van der Waals surface area (Å²) in [5, 5.41) is 0. The summed E-state index contributed by atoms with van der Waals surface area (Å²) in [6, 6.07) is 0. The molecule has 0 spiro atoms. The molecule has 0 aromatic carbocycles. The van der Waals surface area contributed by atoms with Gasteiger partial charge in [-0.25, -0.2) is 0 Å². The first kappa shape index (κ1) is 31.8. The second kappa shape index (κ2) is 15.5. The van der Waals surface area contributed by atoms with Crippen molar-refractivity contribution in [3.63, 3.8) is 0 Å². The summed E-state index contributed by atoms with van der Waals surface area (Å²) in [6.45, 7) is 30.8. The number of hydrogen-bond donors (Lipinski definition) is 0. The van der Waals surface area contributed by atoms with E-state index in [1.54, 1.807) is 0 Å². The zero-order valence-electron chi connectivity index (χ0n) is 20.7. The molecule has 0 aliphatic carbocycles. The summed E-state index contributed by atoms with van der Waals surface area (Å²) in [5.41, 5.74) is 4.33. The summed E-state index contributed by atoms with van der Waals surface area (Å²) in [6.07, 6.45) is 1.14. The predicted molar refractivity (Wildman–Crippen MR) is 135 cm³/mol. The van der Waals surface area contributed by atoms with E-state index in [2.05, 4.69) is 83.1 Å². The van der Waals surface area contributed by atoms with Crippen LogP contribution in [0.4, 0.5) is 0 Å². The van der Waals surface area contributed by atoms with E-state index in [1.807, 2.05) is 0 Å². The first-order chi connectivity index (χ1) is 12.8. The normalized spacial score (nSPS) is 13.1. The van der Waals surface area contributed by atoms with Gasteiger partial charge in [0.25, 0.3) is 0 Å². The molecule has 7 heteroatoms. The van der Waals surface area contributed by atoms with Crippen molar-refractivity contribution in [3.05, 3.63) is 9.96 Å². The Hall–Kier alpha value is 1.65. The van der Waals surface area contributed by atoms with Gasteiger partial charge in [0.05, 0.1) is 0 Å². The van der Waals surface area contributed by atoms with Gasteiger partial charge >= 0.3 is 35.6 Å². The van der Waals surface area contributed by atoms with E-state index in [0.717, 1.165) is 52.8 Å². The van der Waals surface area contributed by atoms with Crippen molar-refractivity contribution in [1.82, 2.24) is 0 Å². The Morgan fingerprint density at radius 3 is 0.857 bits per heavy atom. The predicted octanol–water partition coefficient (Wildman–Crippen LogP) is 9.85. The summed E-state index contributed by atoms with van der Waals surface area (Å²) >= 11 is -0.556. The molecule has 0 fully saturated rings. The zero-order valence-corrected chi connectivity index (χ0v) is 25.8. The van der Waals surface area contributed by atoms with Crippen LogP contribution in [0, 0.1) is 0 Å². The van der Waals surface area contributed by atoms with Gasteiger partial charge in [0, 0.05) is 0 Å². The second-order valence-corrected chi connectivity index (χ2v) is 23.6. The van der Waals surface area contributed by atoms with E-state index in [-0.39, 0.29) is 0 Å². The van der Waals surface area contributed by atoms with Crippen molar-refractivity contribution >= 4 is 35.1 Å². The summed E-state index contributed by atoms with van der Waals surface area (Å²) < 4.78 is 0. The molecule has 0 radical (unpaired) electrons. The van der Waals surface area contributed by atoms with Gasteiger partial charge in [-0.2, -0.15) is 13.1 Å². The monoisotopic (exact) mass is 502 g/mol. The Morgan fingerprint density at radius 1 is 0.536 bits per heavy atom. The minimum absolute atomic E-state index is 0.556. The van der Waals surface area contributed by atoms with Crippen molar-refractivity contribution in [2.24, 2.45) is 0 Å². The van der Waals surface area contributed by atoms with E-state index >= 15 is 0 Å². The topological polar surface area (TPSA) is 28.2 Å². The molecule has 170 valence electrons. The third-order valence-electron chi connectivity index (χ3n) is 6.64. The van der Waals surface area contributed by atoms with Crippen LogP contribution < -0.4 is 0 Å². The SMILES string of the molecule is CC(C)[Si]([N-]CCC[N-][Si](C(C)C)(C(C)C)C(C)C)(C(C)C)C(C)C.[Cl][Ti][Cl]. The number of nitrogens with zero attached hydrogens (tertiary/aromatic N) is 2. The molecule has 0 unspecified atom stereocenters. The molecule has 0 bridgehead atoms. The van der Waals surface area contributed by atoms with Gasteiger partial charge in [0.15, 0.2) is 0 Å². The molecule has 28 heavy (non-hydrogen) atoms. The van der Waals surface area contributed by atoms with E-state index in [4.69, 9.17) is 28.6 Å². The molecule has 0 aromatic rings. The molecule has 0 atom stereocenters. The van der Waals surface area contributed by atoms with Crippen molar-refractivity contribution in [1.29, 1.82) is 0 Å². The Morgan fingerprint density at radius 2 is 0.714 bits per heavy atom. The van der Waals surface area contributed by atoms with Crippen LogP contribution in [0.15, 0.2) is 0 Å². The van der Waals surface area contributed by atoms with Crippen molar-refractivity contribution in [2.75, 3.05) is 13.1 Å². The summed E-state index contributed by atoms with van der Waals surface area (Å²) in [7, 11) is 6.59. The van der Waals surface area contributed by atoms with E-state index < -0.39 is 33.5 Å². The van der Waals surface area contributed by atoms with Crippen LogP contribution in [-0.2, 0) is 17.0 Å². The fourth-order valence-electron chi connectivity index (χ4n) is 5.71. The van der Waals surface area contributed by atoms with Gasteiger partial charge in [-0.05, 0) is 16.5 Å². The van der Waals surface area contributed by atoms with Crippen LogP contribution in [0.2, 0.25) is 33.2 Å². The van der Waals surface area contributed by atoms with Gasteiger partial charge in [0.2, 0.25) is 0 Å². The zero-order chi connectivity index (χ0) is 22.7. The fourth-order valence-corrected chi connectivity index (χ4v) is 17.0. The van der Waals surface area contributed by atoms with Gasteiger partial charge in [-0.1, -0.05) is 123 Å². The van der Waals surface area contributed by atoms with Crippen LogP contribution >= 0.6 is 18.6 Å². The van der Waals surface area contributed by atoms with Crippen LogP contribution in [0.5, 0.6) is 0 Å². The quantitative estimate of drug-likeness (QED) is 0.187. The van der Waals surface area contributed by atoms with E-state index in [9.17, 15) is 0 Å². The van der Waals surface area contributed by atoms with E-state index in [0.29, 0.717) is 0 Å². The molecule has 0 N–H and O–H groups in total. The second-order valence-electron chi connectivity index (χ2n) is 9.89. The third kappa shape index (κ3) is 8.65. The minimum atomic E-state index is -1.59. The first-order valence-electron chi connectivity index (χ1n) is 11.1. The Labute approximate surface area is 196 Å². The molecule has 0 aliphatic heterocycles. The van der Waals surface area contributed by atoms with Crippen molar-refractivity contribution in [2.45, 2.75) is 123 Å². The van der Waals surface area contributed by atoms with Crippen molar-refractivity contribution in [3.8, 4) is 0 Å². The molecule has 0 rings (SSSR count). The van der Waals surface area contributed by atoms with Gasteiger partial charge < -0.3 is 9.96 Å². The molecule has 0 aliphatic rings. The van der Waals surface area contributed by atoms with E-state index in [1.165, 1.54) is 0 Å². The molecule has 0 saturated heterocycles. The Kier molecular flexibility index (Phi) is 17.6. The van der Waals surface area contributed by atoms with Crippen LogP contribution in [-0.4, -0.2) is 29.6 Å². The maximum absolute atomic E-state index is 5.40. The number of hydrogen-bond acceptors (Lipinski definition) is 0. The molecule has 0 aromatic heterocycles. The fraction of sp³-hybridized carbons (Fsp3) is 1.00. The Bertz CT molecular complexity index is 315. The number of rotatable bonds is 12. The van der Waals surface area contributed by atoms with Crippen LogP contribution in [0.1, 0.15) is 89.5 Å². The average molecular weight is 504 g/mol. The van der Waals surface area contributed by atoms with Crippen LogP contribution in [0.3, 0.4) is 0 Å². The molecule has 0 amide bonds. The van der Waals surface area contributed by atoms with Gasteiger partial charge in [-0.15, -0.1) is 0 Å². The molecular formula is C21H48Cl2N2Si2Ti-2. The van der Waals surface area contributed by atoms with Crippen molar-refractivity contribution < 1.29 is 17.0 Å². The van der Waals surface area contributed by atoms with Crippen LogP contribution in [0.25, 0.3) is 9.96 Å². The van der Waals surface area contributed by atoms with Gasteiger partial charge in [-0.3, -0.25) is 0 Å².